The summed E-state index contributed by atoms with van der Waals surface area (Å²) in [7, 11) is -1.80. The molecule has 0 saturated carbocycles. The van der Waals surface area contributed by atoms with Crippen LogP contribution in [0.2, 0.25) is 0 Å². The number of piperidine rings is 1. The first-order valence-corrected chi connectivity index (χ1v) is 7.94. The van der Waals surface area contributed by atoms with Gasteiger partial charge < -0.3 is 10.5 Å². The molecule has 0 aromatic carbocycles. The van der Waals surface area contributed by atoms with Crippen molar-refractivity contribution in [2.45, 2.75) is 32.2 Å². The van der Waals surface area contributed by atoms with E-state index in [4.69, 9.17) is 10.5 Å². The number of hydrogen-bond donors (Lipinski definition) is 1. The summed E-state index contributed by atoms with van der Waals surface area (Å²) in [6, 6.07) is -0.0571. The molecular formula is C11H25N3O3S. The maximum atomic E-state index is 12.4. The van der Waals surface area contributed by atoms with Crippen LogP contribution in [0.4, 0.5) is 0 Å². The van der Waals surface area contributed by atoms with E-state index in [2.05, 4.69) is 0 Å². The largest absolute Gasteiger partial charge is 0.380 e. The third-order valence-corrected chi connectivity index (χ3v) is 5.33. The lowest BCUT2D eigenvalue weighted by molar-refractivity contribution is 0.135. The summed E-state index contributed by atoms with van der Waals surface area (Å²) in [6.45, 7) is 4.26. The van der Waals surface area contributed by atoms with Gasteiger partial charge >= 0.3 is 0 Å². The molecule has 1 fully saturated rings. The Morgan fingerprint density at radius 1 is 1.44 bits per heavy atom. The Labute approximate surface area is 110 Å². The summed E-state index contributed by atoms with van der Waals surface area (Å²) in [4.78, 5) is 0. The molecule has 1 unspecified atom stereocenters. The van der Waals surface area contributed by atoms with E-state index < -0.39 is 10.2 Å². The molecule has 0 aromatic rings. The van der Waals surface area contributed by atoms with Crippen molar-refractivity contribution in [3.8, 4) is 0 Å². The second kappa shape index (κ2) is 7.40. The van der Waals surface area contributed by atoms with Crippen molar-refractivity contribution in [2.24, 2.45) is 5.73 Å². The van der Waals surface area contributed by atoms with Gasteiger partial charge in [-0.2, -0.15) is 17.0 Å². The molecule has 1 rings (SSSR count). The van der Waals surface area contributed by atoms with Crippen molar-refractivity contribution in [3.05, 3.63) is 0 Å². The molecule has 1 atom stereocenters. The molecule has 0 amide bonds. The van der Waals surface area contributed by atoms with Gasteiger partial charge in [-0.3, -0.25) is 0 Å². The van der Waals surface area contributed by atoms with Crippen molar-refractivity contribution in [3.63, 3.8) is 0 Å². The van der Waals surface area contributed by atoms with Gasteiger partial charge in [-0.25, -0.2) is 0 Å². The van der Waals surface area contributed by atoms with Gasteiger partial charge in [0, 0.05) is 39.3 Å². The maximum absolute atomic E-state index is 12.4. The summed E-state index contributed by atoms with van der Waals surface area (Å²) in [6.07, 6.45) is 2.82. The van der Waals surface area contributed by atoms with Crippen LogP contribution in [0.15, 0.2) is 0 Å². The average molecular weight is 279 g/mol. The topological polar surface area (TPSA) is 75.9 Å². The number of nitrogens with two attached hydrogens (primary N) is 1. The van der Waals surface area contributed by atoms with E-state index in [1.165, 1.54) is 4.31 Å². The summed E-state index contributed by atoms with van der Waals surface area (Å²) in [5.41, 5.74) is 5.66. The molecule has 1 heterocycles. The van der Waals surface area contributed by atoms with Crippen LogP contribution in [0.25, 0.3) is 0 Å². The molecule has 0 spiro atoms. The minimum Gasteiger partial charge on any atom is -0.380 e. The summed E-state index contributed by atoms with van der Waals surface area (Å²) in [5.74, 6) is 0. The van der Waals surface area contributed by atoms with Gasteiger partial charge in [0.1, 0.15) is 0 Å². The highest BCUT2D eigenvalue weighted by Crippen LogP contribution is 2.21. The normalized spacial score (nSPS) is 22.6. The first kappa shape index (κ1) is 15.8. The van der Waals surface area contributed by atoms with Crippen LogP contribution in [0.1, 0.15) is 26.2 Å². The van der Waals surface area contributed by atoms with Crippen LogP contribution >= 0.6 is 0 Å². The van der Waals surface area contributed by atoms with Gasteiger partial charge in [0.25, 0.3) is 10.2 Å². The molecule has 1 saturated heterocycles. The number of ether oxygens (including phenoxy) is 1. The van der Waals surface area contributed by atoms with Crippen LogP contribution in [-0.4, -0.2) is 63.0 Å². The van der Waals surface area contributed by atoms with Gasteiger partial charge in [-0.15, -0.1) is 0 Å². The number of likely N-dealkylation sites (N-methyl/N-ethyl adjacent to an activating group) is 1. The molecule has 0 aliphatic carbocycles. The van der Waals surface area contributed by atoms with E-state index in [-0.39, 0.29) is 6.04 Å². The highest BCUT2D eigenvalue weighted by Gasteiger charge is 2.33. The van der Waals surface area contributed by atoms with Gasteiger partial charge in [0.2, 0.25) is 0 Å². The van der Waals surface area contributed by atoms with E-state index in [1.807, 2.05) is 6.92 Å². The van der Waals surface area contributed by atoms with Crippen LogP contribution in [0.5, 0.6) is 0 Å². The molecule has 18 heavy (non-hydrogen) atoms. The van der Waals surface area contributed by atoms with Crippen molar-refractivity contribution in [1.82, 2.24) is 8.61 Å². The standard InChI is InChI=1S/C11H25N3O3S/c1-3-17-9-8-13(2)18(15,16)14-7-5-4-6-11(14)10-12/h11H,3-10,12H2,1-2H3. The molecule has 6 nitrogen and oxygen atoms in total. The number of hydrogen-bond acceptors (Lipinski definition) is 4. The highest BCUT2D eigenvalue weighted by atomic mass is 32.2. The molecule has 0 aromatic heterocycles. The zero-order valence-electron chi connectivity index (χ0n) is 11.3. The molecule has 7 heteroatoms. The van der Waals surface area contributed by atoms with Gasteiger partial charge in [-0.05, 0) is 19.8 Å². The van der Waals surface area contributed by atoms with Crippen molar-refractivity contribution >= 4 is 10.2 Å². The van der Waals surface area contributed by atoms with Gasteiger partial charge in [0.15, 0.2) is 0 Å². The Kier molecular flexibility index (Phi) is 6.51. The SMILES string of the molecule is CCOCCN(C)S(=O)(=O)N1CCCCC1CN. The highest BCUT2D eigenvalue weighted by molar-refractivity contribution is 7.86. The predicted molar refractivity (Wildman–Crippen MR) is 71.4 cm³/mol. The zero-order valence-corrected chi connectivity index (χ0v) is 12.2. The molecule has 2 N–H and O–H groups in total. The van der Waals surface area contributed by atoms with Gasteiger partial charge in [-0.1, -0.05) is 6.42 Å². The monoisotopic (exact) mass is 279 g/mol. The third kappa shape index (κ3) is 3.89. The lowest BCUT2D eigenvalue weighted by Gasteiger charge is -2.36. The summed E-state index contributed by atoms with van der Waals surface area (Å²) >= 11 is 0. The lowest BCUT2D eigenvalue weighted by atomic mass is 10.1. The third-order valence-electron chi connectivity index (χ3n) is 3.29. The van der Waals surface area contributed by atoms with E-state index in [1.54, 1.807) is 11.4 Å². The van der Waals surface area contributed by atoms with E-state index in [0.29, 0.717) is 32.8 Å². The van der Waals surface area contributed by atoms with Crippen LogP contribution < -0.4 is 5.73 Å². The Bertz CT molecular complexity index is 334. The first-order valence-electron chi connectivity index (χ1n) is 6.55. The minimum absolute atomic E-state index is 0.0571. The quantitative estimate of drug-likeness (QED) is 0.666. The summed E-state index contributed by atoms with van der Waals surface area (Å²) in [5, 5.41) is 0. The van der Waals surface area contributed by atoms with E-state index in [9.17, 15) is 8.42 Å². The Balaban J connectivity index is 2.65. The van der Waals surface area contributed by atoms with E-state index >= 15 is 0 Å². The Morgan fingerprint density at radius 2 is 2.17 bits per heavy atom. The lowest BCUT2D eigenvalue weighted by Crippen LogP contribution is -2.52. The zero-order chi connectivity index (χ0) is 13.6. The molecular weight excluding hydrogens is 254 g/mol. The van der Waals surface area contributed by atoms with Crippen molar-refractivity contribution in [2.75, 3.05) is 39.9 Å². The molecule has 1 aliphatic rings. The second-order valence-electron chi connectivity index (χ2n) is 4.52. The molecule has 1 aliphatic heterocycles. The Hall–Kier alpha value is -0.210. The first-order chi connectivity index (χ1) is 8.54. The molecule has 108 valence electrons. The van der Waals surface area contributed by atoms with E-state index in [0.717, 1.165) is 19.3 Å². The maximum Gasteiger partial charge on any atom is 0.282 e. The predicted octanol–water partition coefficient (Wildman–Crippen LogP) is 0.0127. The Morgan fingerprint density at radius 3 is 2.78 bits per heavy atom. The fourth-order valence-corrected chi connectivity index (χ4v) is 3.74. The minimum atomic E-state index is -3.40. The smallest absolute Gasteiger partial charge is 0.282 e. The van der Waals surface area contributed by atoms with Gasteiger partial charge in [0.05, 0.1) is 6.61 Å². The number of nitrogens with zero attached hydrogens (tertiary/aromatic N) is 2. The van der Waals surface area contributed by atoms with Crippen molar-refractivity contribution < 1.29 is 13.2 Å². The van der Waals surface area contributed by atoms with Crippen LogP contribution in [0.3, 0.4) is 0 Å². The number of rotatable bonds is 7. The molecule has 0 radical (unpaired) electrons. The summed E-state index contributed by atoms with van der Waals surface area (Å²) < 4.78 is 32.9. The fraction of sp³-hybridized carbons (Fsp3) is 1.00. The fourth-order valence-electron chi connectivity index (χ4n) is 2.15. The van der Waals surface area contributed by atoms with Crippen LogP contribution in [-0.2, 0) is 14.9 Å². The van der Waals surface area contributed by atoms with Crippen molar-refractivity contribution in [1.29, 1.82) is 0 Å². The average Bonchev–Trinajstić information content (AvgIpc) is 2.38. The second-order valence-corrected chi connectivity index (χ2v) is 6.51. The van der Waals surface area contributed by atoms with Crippen LogP contribution in [0, 0.1) is 0 Å². The molecule has 0 bridgehead atoms.